The van der Waals surface area contributed by atoms with Crippen LogP contribution in [-0.4, -0.2) is 48.1 Å². The third-order valence-corrected chi connectivity index (χ3v) is 4.27. The van der Waals surface area contributed by atoms with Gasteiger partial charge in [-0.05, 0) is 30.7 Å². The Bertz CT molecular complexity index is 979. The number of aliphatic carboxylic acids is 1. The summed E-state index contributed by atoms with van der Waals surface area (Å²) in [7, 11) is 1.50. The van der Waals surface area contributed by atoms with Gasteiger partial charge in [-0.15, -0.1) is 0 Å². The molecule has 1 aliphatic heterocycles. The lowest BCUT2D eigenvalue weighted by Gasteiger charge is -2.27. The van der Waals surface area contributed by atoms with Gasteiger partial charge in [0.2, 0.25) is 0 Å². The van der Waals surface area contributed by atoms with E-state index in [9.17, 15) is 14.4 Å². The van der Waals surface area contributed by atoms with Crippen molar-refractivity contribution in [3.8, 4) is 11.5 Å². The Morgan fingerprint density at radius 1 is 1.07 bits per heavy atom. The summed E-state index contributed by atoms with van der Waals surface area (Å²) in [4.78, 5) is 37.4. The molecule has 1 N–H and O–H groups in total. The van der Waals surface area contributed by atoms with E-state index in [-0.39, 0.29) is 11.1 Å². The topological polar surface area (TPSA) is 93.1 Å². The molecule has 2 aromatic carbocycles. The molecule has 0 saturated carbocycles. The fraction of sp³-hybridized carbons (Fsp3) is 0.190. The van der Waals surface area contributed by atoms with Crippen molar-refractivity contribution in [2.24, 2.45) is 0 Å². The molecule has 3 rings (SSSR count). The molecule has 0 saturated heterocycles. The minimum absolute atomic E-state index is 0.211. The van der Waals surface area contributed by atoms with Gasteiger partial charge in [0.15, 0.2) is 11.5 Å². The number of nitrogens with zero attached hydrogens (tertiary/aromatic N) is 1. The molecule has 0 spiro atoms. The zero-order chi connectivity index (χ0) is 20.3. The number of ether oxygens (including phenoxy) is 2. The number of methoxy groups -OCH3 is 1. The molecule has 144 valence electrons. The summed E-state index contributed by atoms with van der Waals surface area (Å²) in [5.74, 6) is -1.60. The van der Waals surface area contributed by atoms with Crippen LogP contribution in [0.2, 0.25) is 0 Å². The van der Waals surface area contributed by atoms with Crippen LogP contribution >= 0.6 is 0 Å². The molecule has 1 aliphatic rings. The molecule has 7 heteroatoms. The minimum atomic E-state index is -1.27. The number of imide groups is 1. The predicted molar refractivity (Wildman–Crippen MR) is 102 cm³/mol. The summed E-state index contributed by atoms with van der Waals surface area (Å²) in [6, 6.07) is 11.9. The van der Waals surface area contributed by atoms with Crippen LogP contribution in [0.5, 0.6) is 11.5 Å². The normalized spacial score (nSPS) is 14.8. The highest BCUT2D eigenvalue weighted by Crippen LogP contribution is 2.36. The van der Waals surface area contributed by atoms with Crippen LogP contribution in [0.1, 0.15) is 28.4 Å². The van der Waals surface area contributed by atoms with Gasteiger partial charge in [-0.3, -0.25) is 19.3 Å². The number of carboxylic acids is 1. The molecule has 0 atom stereocenters. The highest BCUT2D eigenvalue weighted by Gasteiger charge is 2.35. The first kappa shape index (κ1) is 19.2. The Morgan fingerprint density at radius 2 is 1.79 bits per heavy atom. The fourth-order valence-corrected chi connectivity index (χ4v) is 3.11. The Hall–Kier alpha value is -3.61. The first-order chi connectivity index (χ1) is 13.5. The highest BCUT2D eigenvalue weighted by atomic mass is 16.5. The van der Waals surface area contributed by atoms with E-state index in [4.69, 9.17) is 14.6 Å². The molecular weight excluding hydrogens is 362 g/mol. The SMILES string of the molecule is CCOc1cccc(/C=C2\C(=O)N(CC(=O)O)C(=O)c3ccccc32)c1OC. The van der Waals surface area contributed by atoms with Crippen molar-refractivity contribution in [3.05, 3.63) is 59.2 Å². The van der Waals surface area contributed by atoms with E-state index in [0.717, 1.165) is 4.90 Å². The van der Waals surface area contributed by atoms with Crippen molar-refractivity contribution in [1.82, 2.24) is 4.90 Å². The first-order valence-electron chi connectivity index (χ1n) is 8.66. The number of para-hydroxylation sites is 1. The number of fused-ring (bicyclic) bond motifs is 1. The summed E-state index contributed by atoms with van der Waals surface area (Å²) in [5, 5.41) is 9.10. The van der Waals surface area contributed by atoms with Crippen molar-refractivity contribution in [3.63, 3.8) is 0 Å². The molecule has 0 aromatic heterocycles. The van der Waals surface area contributed by atoms with Gasteiger partial charge in [0.1, 0.15) is 6.54 Å². The maximum absolute atomic E-state index is 13.0. The number of hydrogen-bond acceptors (Lipinski definition) is 5. The van der Waals surface area contributed by atoms with Gasteiger partial charge in [-0.25, -0.2) is 0 Å². The second-order valence-electron chi connectivity index (χ2n) is 6.01. The van der Waals surface area contributed by atoms with E-state index in [0.29, 0.717) is 29.2 Å². The van der Waals surface area contributed by atoms with Gasteiger partial charge in [0, 0.05) is 16.7 Å². The molecule has 0 radical (unpaired) electrons. The van der Waals surface area contributed by atoms with E-state index in [1.54, 1.807) is 48.5 Å². The van der Waals surface area contributed by atoms with Crippen LogP contribution < -0.4 is 9.47 Å². The summed E-state index contributed by atoms with van der Waals surface area (Å²) in [5.41, 5.74) is 1.51. The van der Waals surface area contributed by atoms with Gasteiger partial charge in [-0.2, -0.15) is 0 Å². The molecule has 0 fully saturated rings. The van der Waals surface area contributed by atoms with E-state index in [2.05, 4.69) is 0 Å². The average molecular weight is 381 g/mol. The van der Waals surface area contributed by atoms with Crippen LogP contribution in [-0.2, 0) is 9.59 Å². The first-order valence-corrected chi connectivity index (χ1v) is 8.66. The second-order valence-corrected chi connectivity index (χ2v) is 6.01. The van der Waals surface area contributed by atoms with Crippen LogP contribution in [0.3, 0.4) is 0 Å². The molecule has 0 bridgehead atoms. The molecular formula is C21H19NO6. The Balaban J connectivity index is 2.18. The van der Waals surface area contributed by atoms with E-state index in [1.165, 1.54) is 7.11 Å². The molecule has 28 heavy (non-hydrogen) atoms. The quantitative estimate of drug-likeness (QED) is 0.611. The number of carboxylic acid groups (broad SMARTS) is 1. The molecule has 7 nitrogen and oxygen atoms in total. The summed E-state index contributed by atoms with van der Waals surface area (Å²) in [6.45, 7) is 1.58. The Morgan fingerprint density at radius 3 is 2.43 bits per heavy atom. The van der Waals surface area contributed by atoms with Gasteiger partial charge in [-0.1, -0.05) is 30.3 Å². The number of carbonyl (C=O) groups is 3. The third kappa shape index (κ3) is 3.46. The molecule has 0 aliphatic carbocycles. The molecule has 2 aromatic rings. The smallest absolute Gasteiger partial charge is 0.323 e. The molecule has 2 amide bonds. The van der Waals surface area contributed by atoms with Crippen LogP contribution in [0.15, 0.2) is 42.5 Å². The van der Waals surface area contributed by atoms with Gasteiger partial charge in [0.05, 0.1) is 13.7 Å². The lowest BCUT2D eigenvalue weighted by atomic mass is 9.92. The maximum Gasteiger partial charge on any atom is 0.323 e. The summed E-state index contributed by atoms with van der Waals surface area (Å²) < 4.78 is 11.0. The Kier molecular flexibility index (Phi) is 5.44. The zero-order valence-electron chi connectivity index (χ0n) is 15.5. The van der Waals surface area contributed by atoms with Crippen molar-refractivity contribution < 1.29 is 29.0 Å². The number of carbonyl (C=O) groups excluding carboxylic acids is 2. The lowest BCUT2D eigenvalue weighted by Crippen LogP contribution is -2.44. The molecule has 0 unspecified atom stereocenters. The van der Waals surface area contributed by atoms with Gasteiger partial charge in [0.25, 0.3) is 11.8 Å². The van der Waals surface area contributed by atoms with E-state index < -0.39 is 24.3 Å². The van der Waals surface area contributed by atoms with Crippen LogP contribution in [0.4, 0.5) is 0 Å². The minimum Gasteiger partial charge on any atom is -0.492 e. The van der Waals surface area contributed by atoms with Crippen LogP contribution in [0.25, 0.3) is 11.6 Å². The standard InChI is InChI=1S/C21H19NO6/c1-3-28-17-10-6-7-13(19(17)27-2)11-16-14-8-4-5-9-15(14)20(25)22(21(16)26)12-18(23)24/h4-11H,3,12H2,1-2H3,(H,23,24)/b16-11-. The second kappa shape index (κ2) is 7.96. The van der Waals surface area contributed by atoms with Gasteiger partial charge >= 0.3 is 5.97 Å². The number of benzene rings is 2. The van der Waals surface area contributed by atoms with E-state index in [1.807, 2.05) is 6.92 Å². The molecule has 1 heterocycles. The predicted octanol–water partition coefficient (Wildman–Crippen LogP) is 2.70. The summed E-state index contributed by atoms with van der Waals surface area (Å²) in [6.07, 6.45) is 1.59. The average Bonchev–Trinajstić information content (AvgIpc) is 2.68. The van der Waals surface area contributed by atoms with Crippen molar-refractivity contribution in [2.45, 2.75) is 6.92 Å². The van der Waals surface area contributed by atoms with Crippen molar-refractivity contribution >= 4 is 29.4 Å². The number of amides is 2. The third-order valence-electron chi connectivity index (χ3n) is 4.27. The Labute approximate surface area is 161 Å². The van der Waals surface area contributed by atoms with E-state index >= 15 is 0 Å². The number of hydrogen-bond donors (Lipinski definition) is 1. The fourth-order valence-electron chi connectivity index (χ4n) is 3.11. The van der Waals surface area contributed by atoms with Crippen molar-refractivity contribution in [2.75, 3.05) is 20.3 Å². The lowest BCUT2D eigenvalue weighted by molar-refractivity contribution is -0.141. The highest BCUT2D eigenvalue weighted by molar-refractivity contribution is 6.34. The zero-order valence-corrected chi connectivity index (χ0v) is 15.5. The van der Waals surface area contributed by atoms with Gasteiger partial charge < -0.3 is 14.6 Å². The number of rotatable bonds is 6. The largest absolute Gasteiger partial charge is 0.492 e. The monoisotopic (exact) mass is 381 g/mol. The summed E-state index contributed by atoms with van der Waals surface area (Å²) >= 11 is 0. The van der Waals surface area contributed by atoms with Crippen molar-refractivity contribution in [1.29, 1.82) is 0 Å². The van der Waals surface area contributed by atoms with Crippen LogP contribution in [0, 0.1) is 0 Å². The maximum atomic E-state index is 13.0.